The van der Waals surface area contributed by atoms with Gasteiger partial charge in [0.25, 0.3) is 0 Å². The normalized spacial score (nSPS) is 33.7. The Morgan fingerprint density at radius 2 is 2.14 bits per heavy atom. The van der Waals surface area contributed by atoms with E-state index < -0.39 is 0 Å². The van der Waals surface area contributed by atoms with Crippen LogP contribution in [0.3, 0.4) is 0 Å². The minimum absolute atomic E-state index is 0.176. The first-order valence-electron chi connectivity index (χ1n) is 5.30. The number of fused-ring (bicyclic) bond motifs is 1. The summed E-state index contributed by atoms with van der Waals surface area (Å²) in [5.41, 5.74) is 1.67. The molecule has 2 heteroatoms. The number of carbonyl (C=O) groups is 1. The highest BCUT2D eigenvalue weighted by Crippen LogP contribution is 2.61. The van der Waals surface area contributed by atoms with Gasteiger partial charge in [-0.25, -0.2) is 0 Å². The van der Waals surface area contributed by atoms with Crippen molar-refractivity contribution in [3.05, 3.63) is 11.3 Å². The molecule has 78 valence electrons. The van der Waals surface area contributed by atoms with E-state index in [0.29, 0.717) is 11.3 Å². The van der Waals surface area contributed by atoms with Crippen molar-refractivity contribution in [2.24, 2.45) is 17.3 Å². The molecule has 0 saturated heterocycles. The van der Waals surface area contributed by atoms with Crippen LogP contribution in [-0.4, -0.2) is 5.97 Å². The maximum Gasteiger partial charge on any atom is 0.307 e. The largest absolute Gasteiger partial charge is 0.431 e. The second kappa shape index (κ2) is 2.85. The number of ether oxygens (including phenoxy) is 1. The van der Waals surface area contributed by atoms with E-state index in [4.69, 9.17) is 4.74 Å². The van der Waals surface area contributed by atoms with E-state index in [-0.39, 0.29) is 5.97 Å². The Kier molecular flexibility index (Phi) is 1.98. The lowest BCUT2D eigenvalue weighted by Crippen LogP contribution is -2.22. The zero-order valence-corrected chi connectivity index (χ0v) is 9.39. The molecule has 0 aromatic heterocycles. The molecule has 0 radical (unpaired) electrons. The number of allylic oxidation sites excluding steroid dienone is 2. The molecule has 0 aromatic carbocycles. The Hall–Kier alpha value is -0.790. The summed E-state index contributed by atoms with van der Waals surface area (Å²) in [7, 11) is 0. The third-order valence-corrected chi connectivity index (χ3v) is 3.53. The Balaban J connectivity index is 2.22. The van der Waals surface area contributed by atoms with Crippen LogP contribution in [0.15, 0.2) is 11.3 Å². The van der Waals surface area contributed by atoms with Gasteiger partial charge in [0.15, 0.2) is 0 Å². The van der Waals surface area contributed by atoms with Crippen molar-refractivity contribution in [3.8, 4) is 0 Å². The van der Waals surface area contributed by atoms with E-state index in [1.807, 2.05) is 0 Å². The molecule has 2 atom stereocenters. The molecule has 14 heavy (non-hydrogen) atoms. The van der Waals surface area contributed by atoms with Crippen LogP contribution in [0, 0.1) is 17.3 Å². The predicted octanol–water partition coefficient (Wildman–Crippen LogP) is 2.89. The first-order chi connectivity index (χ1) is 6.42. The molecule has 0 bridgehead atoms. The lowest BCUT2D eigenvalue weighted by Gasteiger charge is -2.30. The average Bonchev–Trinajstić information content (AvgIpc) is 2.75. The predicted molar refractivity (Wildman–Crippen MR) is 54.5 cm³/mol. The first kappa shape index (κ1) is 9.75. The highest BCUT2D eigenvalue weighted by atomic mass is 16.5. The van der Waals surface area contributed by atoms with Gasteiger partial charge < -0.3 is 4.74 Å². The van der Waals surface area contributed by atoms with E-state index in [1.54, 1.807) is 0 Å². The van der Waals surface area contributed by atoms with Gasteiger partial charge in [-0.2, -0.15) is 0 Å². The summed E-state index contributed by atoms with van der Waals surface area (Å²) in [6.45, 7) is 8.20. The quantitative estimate of drug-likeness (QED) is 0.600. The molecule has 2 unspecified atom stereocenters. The molecule has 1 fully saturated rings. The monoisotopic (exact) mass is 194 g/mol. The summed E-state index contributed by atoms with van der Waals surface area (Å²) in [6.07, 6.45) is 2.27. The number of rotatable bonds is 1. The summed E-state index contributed by atoms with van der Waals surface area (Å²) in [6, 6.07) is 0. The Morgan fingerprint density at radius 3 is 2.71 bits per heavy atom. The standard InChI is InChI=1S/C12H18O2/c1-7-6-12(3,4)10-5-9(10)11(7)14-8(2)13/h9-10H,5-6H2,1-4H3. The molecule has 2 nitrogen and oxygen atoms in total. The lowest BCUT2D eigenvalue weighted by molar-refractivity contribution is -0.137. The Bertz CT molecular complexity index is 312. The van der Waals surface area contributed by atoms with Crippen LogP contribution in [-0.2, 0) is 9.53 Å². The van der Waals surface area contributed by atoms with Gasteiger partial charge in [-0.15, -0.1) is 0 Å². The first-order valence-corrected chi connectivity index (χ1v) is 5.30. The van der Waals surface area contributed by atoms with Crippen molar-refractivity contribution in [1.82, 2.24) is 0 Å². The van der Waals surface area contributed by atoms with Crippen molar-refractivity contribution >= 4 is 5.97 Å². The van der Waals surface area contributed by atoms with Gasteiger partial charge in [0.2, 0.25) is 0 Å². The van der Waals surface area contributed by atoms with Crippen LogP contribution in [0.2, 0.25) is 0 Å². The van der Waals surface area contributed by atoms with E-state index in [2.05, 4.69) is 20.8 Å². The number of hydrogen-bond donors (Lipinski definition) is 0. The second-order valence-electron chi connectivity index (χ2n) is 5.35. The number of hydrogen-bond acceptors (Lipinski definition) is 2. The Morgan fingerprint density at radius 1 is 1.50 bits per heavy atom. The molecule has 2 rings (SSSR count). The van der Waals surface area contributed by atoms with E-state index in [1.165, 1.54) is 18.9 Å². The van der Waals surface area contributed by atoms with Gasteiger partial charge in [0.05, 0.1) is 0 Å². The van der Waals surface area contributed by atoms with Crippen LogP contribution in [0.1, 0.15) is 40.5 Å². The number of esters is 1. The molecular weight excluding hydrogens is 176 g/mol. The maximum absolute atomic E-state index is 10.9. The van der Waals surface area contributed by atoms with Gasteiger partial charge in [0.1, 0.15) is 5.76 Å². The average molecular weight is 194 g/mol. The van der Waals surface area contributed by atoms with E-state index in [0.717, 1.165) is 18.1 Å². The Labute approximate surface area is 85.3 Å². The third kappa shape index (κ3) is 1.47. The van der Waals surface area contributed by atoms with Crippen molar-refractivity contribution in [1.29, 1.82) is 0 Å². The second-order valence-corrected chi connectivity index (χ2v) is 5.35. The summed E-state index contributed by atoms with van der Waals surface area (Å²) in [5.74, 6) is 2.06. The van der Waals surface area contributed by atoms with Gasteiger partial charge in [0, 0.05) is 12.8 Å². The van der Waals surface area contributed by atoms with Crippen LogP contribution in [0.25, 0.3) is 0 Å². The molecule has 1 saturated carbocycles. The number of carbonyl (C=O) groups excluding carboxylic acids is 1. The zero-order valence-electron chi connectivity index (χ0n) is 9.39. The summed E-state index contributed by atoms with van der Waals surface area (Å²) < 4.78 is 5.29. The van der Waals surface area contributed by atoms with Gasteiger partial charge in [-0.1, -0.05) is 13.8 Å². The SMILES string of the molecule is CC(=O)OC1=C(C)CC(C)(C)C2CC12. The van der Waals surface area contributed by atoms with Gasteiger partial charge in [-0.3, -0.25) is 4.79 Å². The molecule has 0 amide bonds. The molecule has 0 spiro atoms. The fraction of sp³-hybridized carbons (Fsp3) is 0.750. The van der Waals surface area contributed by atoms with Crippen LogP contribution in [0.4, 0.5) is 0 Å². The summed E-state index contributed by atoms with van der Waals surface area (Å²) in [5, 5.41) is 0. The fourth-order valence-corrected chi connectivity index (χ4v) is 2.88. The van der Waals surface area contributed by atoms with Crippen LogP contribution < -0.4 is 0 Å². The highest BCUT2D eigenvalue weighted by molar-refractivity contribution is 5.67. The zero-order chi connectivity index (χ0) is 10.5. The minimum atomic E-state index is -0.176. The van der Waals surface area contributed by atoms with E-state index in [9.17, 15) is 4.79 Å². The minimum Gasteiger partial charge on any atom is -0.431 e. The van der Waals surface area contributed by atoms with Crippen molar-refractivity contribution in [2.45, 2.75) is 40.5 Å². The molecule has 0 aromatic rings. The molecule has 0 aliphatic heterocycles. The fourth-order valence-electron chi connectivity index (χ4n) is 2.88. The van der Waals surface area contributed by atoms with Crippen LogP contribution in [0.5, 0.6) is 0 Å². The van der Waals surface area contributed by atoms with Crippen molar-refractivity contribution in [2.75, 3.05) is 0 Å². The van der Waals surface area contributed by atoms with Crippen molar-refractivity contribution in [3.63, 3.8) is 0 Å². The molecule has 0 N–H and O–H groups in total. The van der Waals surface area contributed by atoms with Crippen LogP contribution >= 0.6 is 0 Å². The lowest BCUT2D eigenvalue weighted by atomic mass is 9.76. The summed E-state index contributed by atoms with van der Waals surface area (Å²) in [4.78, 5) is 10.9. The molecule has 0 heterocycles. The van der Waals surface area contributed by atoms with E-state index >= 15 is 0 Å². The highest BCUT2D eigenvalue weighted by Gasteiger charge is 2.54. The van der Waals surface area contributed by atoms with Gasteiger partial charge >= 0.3 is 5.97 Å². The third-order valence-electron chi connectivity index (χ3n) is 3.53. The molecule has 2 aliphatic carbocycles. The maximum atomic E-state index is 10.9. The molecular formula is C12H18O2. The van der Waals surface area contributed by atoms with Crippen molar-refractivity contribution < 1.29 is 9.53 Å². The van der Waals surface area contributed by atoms with Gasteiger partial charge in [-0.05, 0) is 36.7 Å². The smallest absolute Gasteiger partial charge is 0.307 e. The topological polar surface area (TPSA) is 26.3 Å². The molecule has 2 aliphatic rings. The summed E-state index contributed by atoms with van der Waals surface area (Å²) >= 11 is 0.